The van der Waals surface area contributed by atoms with Gasteiger partial charge in [-0.3, -0.25) is 0 Å². The molecular formula is C11H12O. The fourth-order valence-corrected chi connectivity index (χ4v) is 1.63. The van der Waals surface area contributed by atoms with Crippen LogP contribution in [-0.4, -0.2) is 7.11 Å². The van der Waals surface area contributed by atoms with Gasteiger partial charge in [-0.25, -0.2) is 0 Å². The number of rotatable bonds is 1. The van der Waals surface area contributed by atoms with E-state index in [9.17, 15) is 0 Å². The summed E-state index contributed by atoms with van der Waals surface area (Å²) in [5.74, 6) is 0.986. The molecule has 0 aromatic heterocycles. The second-order valence-electron chi connectivity index (χ2n) is 3.13. The Labute approximate surface area is 72.7 Å². The van der Waals surface area contributed by atoms with Gasteiger partial charge in [0, 0.05) is 0 Å². The van der Waals surface area contributed by atoms with Gasteiger partial charge in [0.05, 0.1) is 7.11 Å². The van der Waals surface area contributed by atoms with Gasteiger partial charge in [-0.05, 0) is 36.1 Å². The zero-order valence-electron chi connectivity index (χ0n) is 7.42. The molecule has 0 heterocycles. The average molecular weight is 160 g/mol. The topological polar surface area (TPSA) is 9.23 Å². The summed E-state index contributed by atoms with van der Waals surface area (Å²) in [6.45, 7) is 2.08. The Kier molecular flexibility index (Phi) is 1.65. The lowest BCUT2D eigenvalue weighted by Crippen LogP contribution is -1.90. The van der Waals surface area contributed by atoms with E-state index in [1.165, 1.54) is 16.7 Å². The molecule has 0 amide bonds. The maximum atomic E-state index is 5.24. The molecule has 12 heavy (non-hydrogen) atoms. The fraction of sp³-hybridized carbons (Fsp3) is 0.273. The predicted molar refractivity (Wildman–Crippen MR) is 50.5 cm³/mol. The minimum Gasteiger partial charge on any atom is -0.496 e. The van der Waals surface area contributed by atoms with E-state index >= 15 is 0 Å². The second kappa shape index (κ2) is 2.67. The van der Waals surface area contributed by atoms with Crippen LogP contribution < -0.4 is 4.74 Å². The number of ether oxygens (including phenoxy) is 1. The van der Waals surface area contributed by atoms with Crippen molar-refractivity contribution >= 4 is 6.08 Å². The third-order valence-corrected chi connectivity index (χ3v) is 2.29. The van der Waals surface area contributed by atoms with Crippen LogP contribution >= 0.6 is 0 Å². The van der Waals surface area contributed by atoms with Crippen molar-refractivity contribution in [2.45, 2.75) is 13.3 Å². The van der Waals surface area contributed by atoms with Gasteiger partial charge in [0.25, 0.3) is 0 Å². The molecule has 0 N–H and O–H groups in total. The van der Waals surface area contributed by atoms with Crippen LogP contribution in [0.2, 0.25) is 0 Å². The molecule has 0 saturated carbocycles. The lowest BCUT2D eigenvalue weighted by atomic mass is 10.1. The monoisotopic (exact) mass is 160 g/mol. The van der Waals surface area contributed by atoms with Crippen molar-refractivity contribution < 1.29 is 4.74 Å². The van der Waals surface area contributed by atoms with Crippen LogP contribution in [0.15, 0.2) is 18.2 Å². The van der Waals surface area contributed by atoms with E-state index in [0.29, 0.717) is 0 Å². The van der Waals surface area contributed by atoms with Crippen LogP contribution in [0.5, 0.6) is 5.75 Å². The average Bonchev–Trinajstić information content (AvgIpc) is 2.49. The Morgan fingerprint density at radius 3 is 2.92 bits per heavy atom. The van der Waals surface area contributed by atoms with Gasteiger partial charge in [0.2, 0.25) is 0 Å². The molecule has 0 unspecified atom stereocenters. The summed E-state index contributed by atoms with van der Waals surface area (Å²) in [7, 11) is 1.72. The number of allylic oxidation sites excluding steroid dienone is 1. The molecule has 1 aromatic rings. The molecule has 62 valence electrons. The highest BCUT2D eigenvalue weighted by Crippen LogP contribution is 2.27. The quantitative estimate of drug-likeness (QED) is 0.613. The maximum absolute atomic E-state index is 5.24. The summed E-state index contributed by atoms with van der Waals surface area (Å²) >= 11 is 0. The summed E-state index contributed by atoms with van der Waals surface area (Å²) < 4.78 is 5.24. The Morgan fingerprint density at radius 2 is 2.17 bits per heavy atom. The molecule has 2 rings (SSSR count). The van der Waals surface area contributed by atoms with Crippen LogP contribution in [0.3, 0.4) is 0 Å². The molecule has 1 aliphatic carbocycles. The first kappa shape index (κ1) is 7.41. The van der Waals surface area contributed by atoms with Gasteiger partial charge in [-0.15, -0.1) is 0 Å². The molecule has 0 bridgehead atoms. The Hall–Kier alpha value is -1.24. The van der Waals surface area contributed by atoms with Crippen LogP contribution in [-0.2, 0) is 6.42 Å². The number of fused-ring (bicyclic) bond motifs is 1. The van der Waals surface area contributed by atoms with Crippen LogP contribution in [0, 0.1) is 6.92 Å². The van der Waals surface area contributed by atoms with Crippen molar-refractivity contribution in [1.29, 1.82) is 0 Å². The van der Waals surface area contributed by atoms with Gasteiger partial charge in [-0.1, -0.05) is 18.2 Å². The fourth-order valence-electron chi connectivity index (χ4n) is 1.63. The first-order valence-electron chi connectivity index (χ1n) is 4.15. The van der Waals surface area contributed by atoms with Crippen LogP contribution in [0.1, 0.15) is 16.7 Å². The van der Waals surface area contributed by atoms with E-state index in [2.05, 4.69) is 31.2 Å². The van der Waals surface area contributed by atoms with Crippen LogP contribution in [0.25, 0.3) is 6.08 Å². The highest BCUT2D eigenvalue weighted by atomic mass is 16.5. The molecule has 1 aromatic carbocycles. The number of benzene rings is 1. The first-order chi connectivity index (χ1) is 5.81. The van der Waals surface area contributed by atoms with Crippen molar-refractivity contribution in [3.63, 3.8) is 0 Å². The van der Waals surface area contributed by atoms with Crippen molar-refractivity contribution in [2.24, 2.45) is 0 Å². The zero-order valence-corrected chi connectivity index (χ0v) is 7.42. The molecule has 1 nitrogen and oxygen atoms in total. The molecule has 0 aliphatic heterocycles. The third-order valence-electron chi connectivity index (χ3n) is 2.29. The summed E-state index contributed by atoms with van der Waals surface area (Å²) in [6.07, 6.45) is 5.40. The minimum absolute atomic E-state index is 0.986. The maximum Gasteiger partial charge on any atom is 0.122 e. The van der Waals surface area contributed by atoms with Gasteiger partial charge >= 0.3 is 0 Å². The summed E-state index contributed by atoms with van der Waals surface area (Å²) in [5, 5.41) is 0. The van der Waals surface area contributed by atoms with Crippen molar-refractivity contribution in [1.82, 2.24) is 0 Å². The summed E-state index contributed by atoms with van der Waals surface area (Å²) in [5.41, 5.74) is 3.94. The van der Waals surface area contributed by atoms with Crippen molar-refractivity contribution in [3.8, 4) is 5.75 Å². The predicted octanol–water partition coefficient (Wildman–Crippen LogP) is 2.57. The summed E-state index contributed by atoms with van der Waals surface area (Å²) in [6, 6.07) is 4.31. The molecule has 0 spiro atoms. The lowest BCUT2D eigenvalue weighted by Gasteiger charge is -2.07. The molecule has 0 radical (unpaired) electrons. The van der Waals surface area contributed by atoms with Gasteiger partial charge in [0.15, 0.2) is 0 Å². The highest BCUT2D eigenvalue weighted by Gasteiger charge is 2.08. The number of hydrogen-bond donors (Lipinski definition) is 0. The van der Waals surface area contributed by atoms with Crippen LogP contribution in [0.4, 0.5) is 0 Å². The van der Waals surface area contributed by atoms with Crippen molar-refractivity contribution in [2.75, 3.05) is 7.11 Å². The van der Waals surface area contributed by atoms with Gasteiger partial charge in [-0.2, -0.15) is 0 Å². The Balaban J connectivity index is 2.55. The largest absolute Gasteiger partial charge is 0.496 e. The standard InChI is InChI=1S/C11H12O/c1-8-6-9-4-3-5-10(9)7-11(8)12-2/h3,5-7H,4H2,1-2H3. The lowest BCUT2D eigenvalue weighted by molar-refractivity contribution is 0.411. The van der Waals surface area contributed by atoms with E-state index in [-0.39, 0.29) is 0 Å². The number of methoxy groups -OCH3 is 1. The normalized spacial score (nSPS) is 13.2. The molecular weight excluding hydrogens is 148 g/mol. The van der Waals surface area contributed by atoms with Gasteiger partial charge < -0.3 is 4.74 Å². The smallest absolute Gasteiger partial charge is 0.122 e. The zero-order chi connectivity index (χ0) is 8.55. The third kappa shape index (κ3) is 1.02. The highest BCUT2D eigenvalue weighted by molar-refractivity contribution is 5.63. The molecule has 1 aliphatic rings. The SMILES string of the molecule is COc1cc2c(cc1C)CC=C2. The van der Waals surface area contributed by atoms with Gasteiger partial charge in [0.1, 0.15) is 5.75 Å². The second-order valence-corrected chi connectivity index (χ2v) is 3.13. The molecule has 1 heteroatoms. The van der Waals surface area contributed by atoms with E-state index in [0.717, 1.165) is 12.2 Å². The van der Waals surface area contributed by atoms with E-state index in [1.807, 2.05) is 0 Å². The van der Waals surface area contributed by atoms with E-state index < -0.39 is 0 Å². The van der Waals surface area contributed by atoms with E-state index in [4.69, 9.17) is 4.74 Å². The molecule has 0 fully saturated rings. The van der Waals surface area contributed by atoms with E-state index in [1.54, 1.807) is 7.11 Å². The first-order valence-corrected chi connectivity index (χ1v) is 4.15. The Morgan fingerprint density at radius 1 is 1.33 bits per heavy atom. The number of hydrogen-bond acceptors (Lipinski definition) is 1. The van der Waals surface area contributed by atoms with Crippen molar-refractivity contribution in [3.05, 3.63) is 34.9 Å². The number of aryl methyl sites for hydroxylation is 1. The minimum atomic E-state index is 0.986. The molecule has 0 saturated heterocycles. The molecule has 0 atom stereocenters. The Bertz CT molecular complexity index is 337. The summed E-state index contributed by atoms with van der Waals surface area (Å²) in [4.78, 5) is 0.